The quantitative estimate of drug-likeness (QED) is 0.450. The molecule has 0 radical (unpaired) electrons. The third-order valence-electron chi connectivity index (χ3n) is 5.47. The van der Waals surface area contributed by atoms with E-state index < -0.39 is 0 Å². The van der Waals surface area contributed by atoms with Crippen molar-refractivity contribution >= 4 is 11.8 Å². The van der Waals surface area contributed by atoms with Crippen molar-refractivity contribution < 1.29 is 19.1 Å². The fraction of sp³-hybridized carbons (Fsp3) is 0.308. The van der Waals surface area contributed by atoms with Gasteiger partial charge in [0.25, 0.3) is 5.91 Å². The zero-order valence-corrected chi connectivity index (χ0v) is 19.4. The van der Waals surface area contributed by atoms with Crippen LogP contribution in [0, 0.1) is 0 Å². The summed E-state index contributed by atoms with van der Waals surface area (Å²) in [6.45, 7) is 1.50. The van der Waals surface area contributed by atoms with E-state index in [1.54, 1.807) is 43.4 Å². The first kappa shape index (κ1) is 24.1. The first-order chi connectivity index (χ1) is 16.0. The van der Waals surface area contributed by atoms with E-state index in [-0.39, 0.29) is 18.4 Å². The molecule has 0 aliphatic carbocycles. The van der Waals surface area contributed by atoms with Gasteiger partial charge in [-0.2, -0.15) is 0 Å². The van der Waals surface area contributed by atoms with Crippen LogP contribution in [0.1, 0.15) is 21.6 Å². The van der Waals surface area contributed by atoms with Crippen molar-refractivity contribution in [2.45, 2.75) is 13.1 Å². The second-order valence-corrected chi connectivity index (χ2v) is 7.80. The van der Waals surface area contributed by atoms with Gasteiger partial charge in [0.2, 0.25) is 5.91 Å². The smallest absolute Gasteiger partial charge is 0.254 e. The molecule has 0 aliphatic heterocycles. The average molecular weight is 450 g/mol. The molecule has 0 aliphatic rings. The molecule has 3 aromatic rings. The van der Waals surface area contributed by atoms with Gasteiger partial charge in [0, 0.05) is 44.7 Å². The summed E-state index contributed by atoms with van der Waals surface area (Å²) in [7, 11) is 5.09. The Hall–Kier alpha value is -3.58. The Labute approximate surface area is 195 Å². The first-order valence-electron chi connectivity index (χ1n) is 10.9. The highest BCUT2D eigenvalue weighted by Gasteiger charge is 2.23. The van der Waals surface area contributed by atoms with E-state index in [0.29, 0.717) is 37.6 Å². The van der Waals surface area contributed by atoms with Crippen molar-refractivity contribution in [3.63, 3.8) is 0 Å². The number of nitrogens with zero attached hydrogens (tertiary/aromatic N) is 3. The van der Waals surface area contributed by atoms with Crippen LogP contribution in [0.5, 0.6) is 5.75 Å². The lowest BCUT2D eigenvalue weighted by atomic mass is 10.1. The summed E-state index contributed by atoms with van der Waals surface area (Å²) >= 11 is 0. The molecule has 33 heavy (non-hydrogen) atoms. The van der Waals surface area contributed by atoms with E-state index in [1.807, 2.05) is 60.3 Å². The molecule has 2 aromatic carbocycles. The predicted molar refractivity (Wildman–Crippen MR) is 127 cm³/mol. The number of aryl methyl sites for hydroxylation is 1. The average Bonchev–Trinajstić information content (AvgIpc) is 3.25. The number of methoxy groups -OCH3 is 2. The van der Waals surface area contributed by atoms with Gasteiger partial charge in [-0.3, -0.25) is 9.59 Å². The molecule has 7 heteroatoms. The Morgan fingerprint density at radius 3 is 2.36 bits per heavy atom. The fourth-order valence-electron chi connectivity index (χ4n) is 3.55. The van der Waals surface area contributed by atoms with Gasteiger partial charge in [-0.15, -0.1) is 0 Å². The summed E-state index contributed by atoms with van der Waals surface area (Å²) in [5, 5.41) is 0. The zero-order valence-electron chi connectivity index (χ0n) is 19.4. The number of benzene rings is 2. The molecule has 0 spiro atoms. The molecule has 0 fully saturated rings. The first-order valence-corrected chi connectivity index (χ1v) is 10.9. The minimum Gasteiger partial charge on any atom is -0.497 e. The molecule has 2 amide bonds. The maximum absolute atomic E-state index is 13.5. The molecule has 0 saturated carbocycles. The van der Waals surface area contributed by atoms with Gasteiger partial charge < -0.3 is 23.8 Å². The lowest BCUT2D eigenvalue weighted by Gasteiger charge is -2.28. The Morgan fingerprint density at radius 2 is 1.70 bits per heavy atom. The number of amides is 2. The highest BCUT2D eigenvalue weighted by molar-refractivity contribution is 5.96. The van der Waals surface area contributed by atoms with Gasteiger partial charge in [0.15, 0.2) is 0 Å². The largest absolute Gasteiger partial charge is 0.497 e. The van der Waals surface area contributed by atoms with Crippen LogP contribution in [-0.2, 0) is 29.7 Å². The molecule has 0 bridgehead atoms. The molecule has 0 saturated heterocycles. The van der Waals surface area contributed by atoms with Crippen molar-refractivity contribution in [2.75, 3.05) is 33.9 Å². The number of ether oxygens (including phenoxy) is 2. The van der Waals surface area contributed by atoms with Crippen LogP contribution in [0.2, 0.25) is 0 Å². The summed E-state index contributed by atoms with van der Waals surface area (Å²) < 4.78 is 12.4. The molecule has 174 valence electrons. The van der Waals surface area contributed by atoms with Crippen molar-refractivity contribution in [3.8, 4) is 5.75 Å². The summed E-state index contributed by atoms with van der Waals surface area (Å²) in [6.07, 6.45) is 1.96. The number of hydrogen-bond acceptors (Lipinski definition) is 4. The van der Waals surface area contributed by atoms with Crippen LogP contribution >= 0.6 is 0 Å². The third kappa shape index (κ3) is 6.70. The van der Waals surface area contributed by atoms with Crippen molar-refractivity contribution in [3.05, 3.63) is 89.7 Å². The standard InChI is InChI=1S/C26H31N3O4/c1-27-14-8-12-23(27)19-29(18-21-9-5-4-6-10-21)25(30)20-28(15-16-32-2)26(31)22-11-7-13-24(17-22)33-3/h4-14,17H,15-16,18-20H2,1-3H3. The van der Waals surface area contributed by atoms with Crippen molar-refractivity contribution in [1.29, 1.82) is 0 Å². The molecule has 0 unspecified atom stereocenters. The summed E-state index contributed by atoms with van der Waals surface area (Å²) in [4.78, 5) is 30.0. The van der Waals surface area contributed by atoms with Crippen LogP contribution < -0.4 is 4.74 Å². The minimum atomic E-state index is -0.238. The Bertz CT molecular complexity index is 1050. The number of aromatic nitrogens is 1. The monoisotopic (exact) mass is 449 g/mol. The normalized spacial score (nSPS) is 10.6. The summed E-state index contributed by atoms with van der Waals surface area (Å²) in [5.41, 5.74) is 2.51. The molecule has 1 aromatic heterocycles. The topological polar surface area (TPSA) is 64.0 Å². The molecule has 0 atom stereocenters. The second kappa shape index (κ2) is 11.9. The van der Waals surface area contributed by atoms with Gasteiger partial charge in [-0.1, -0.05) is 36.4 Å². The predicted octanol–water partition coefficient (Wildman–Crippen LogP) is 3.35. The molecule has 7 nitrogen and oxygen atoms in total. The van der Waals surface area contributed by atoms with Crippen LogP contribution in [-0.4, -0.2) is 60.1 Å². The second-order valence-electron chi connectivity index (χ2n) is 7.80. The van der Waals surface area contributed by atoms with E-state index in [0.717, 1.165) is 11.3 Å². The van der Waals surface area contributed by atoms with Crippen molar-refractivity contribution in [1.82, 2.24) is 14.4 Å². The van der Waals surface area contributed by atoms with Gasteiger partial charge >= 0.3 is 0 Å². The van der Waals surface area contributed by atoms with Crippen LogP contribution in [0.3, 0.4) is 0 Å². The zero-order chi connectivity index (χ0) is 23.6. The summed E-state index contributed by atoms with van der Waals surface area (Å²) in [5.74, 6) is 0.221. The molecule has 0 N–H and O–H groups in total. The van der Waals surface area contributed by atoms with Gasteiger partial charge in [0.1, 0.15) is 12.3 Å². The Balaban J connectivity index is 1.81. The van der Waals surface area contributed by atoms with E-state index in [2.05, 4.69) is 0 Å². The lowest BCUT2D eigenvalue weighted by molar-refractivity contribution is -0.133. The number of hydrogen-bond donors (Lipinski definition) is 0. The molecular formula is C26H31N3O4. The van der Waals surface area contributed by atoms with Crippen LogP contribution in [0.15, 0.2) is 72.9 Å². The maximum atomic E-state index is 13.5. The molecule has 3 rings (SSSR count). The van der Waals surface area contributed by atoms with Gasteiger partial charge in [0.05, 0.1) is 20.3 Å². The maximum Gasteiger partial charge on any atom is 0.254 e. The number of carbonyl (C=O) groups excluding carboxylic acids is 2. The Kier molecular flexibility index (Phi) is 8.66. The van der Waals surface area contributed by atoms with E-state index >= 15 is 0 Å². The molecule has 1 heterocycles. The summed E-state index contributed by atoms with van der Waals surface area (Å²) in [6, 6.07) is 20.8. The molecular weight excluding hydrogens is 418 g/mol. The number of carbonyl (C=O) groups is 2. The third-order valence-corrected chi connectivity index (χ3v) is 5.47. The van der Waals surface area contributed by atoms with E-state index in [9.17, 15) is 9.59 Å². The van der Waals surface area contributed by atoms with Crippen molar-refractivity contribution in [2.24, 2.45) is 7.05 Å². The van der Waals surface area contributed by atoms with Crippen LogP contribution in [0.4, 0.5) is 0 Å². The minimum absolute atomic E-state index is 0.0450. The highest BCUT2D eigenvalue weighted by Crippen LogP contribution is 2.16. The van der Waals surface area contributed by atoms with Gasteiger partial charge in [-0.25, -0.2) is 0 Å². The fourth-order valence-corrected chi connectivity index (χ4v) is 3.55. The van der Waals surface area contributed by atoms with Crippen LogP contribution in [0.25, 0.3) is 0 Å². The lowest BCUT2D eigenvalue weighted by Crippen LogP contribution is -2.44. The van der Waals surface area contributed by atoms with Gasteiger partial charge in [-0.05, 0) is 35.9 Å². The number of rotatable bonds is 11. The van der Waals surface area contributed by atoms with E-state index in [1.165, 1.54) is 4.90 Å². The highest BCUT2D eigenvalue weighted by atomic mass is 16.5. The SMILES string of the molecule is COCCN(CC(=O)N(Cc1ccccc1)Cc1cccn1C)C(=O)c1cccc(OC)c1. The van der Waals surface area contributed by atoms with E-state index in [4.69, 9.17) is 9.47 Å². The Morgan fingerprint density at radius 1 is 0.909 bits per heavy atom.